The fourth-order valence-corrected chi connectivity index (χ4v) is 5.50. The van der Waals surface area contributed by atoms with E-state index in [1.54, 1.807) is 53.2 Å². The summed E-state index contributed by atoms with van der Waals surface area (Å²) in [6.07, 6.45) is -4.73. The summed E-state index contributed by atoms with van der Waals surface area (Å²) in [5, 5.41) is 17.9. The number of likely N-dealkylation sites (N-methyl/N-ethyl adjacent to an activating group) is 1. The summed E-state index contributed by atoms with van der Waals surface area (Å²) in [4.78, 5) is 42.3. The summed E-state index contributed by atoms with van der Waals surface area (Å²) >= 11 is 0. The van der Waals surface area contributed by atoms with Crippen LogP contribution >= 0.6 is 0 Å². The second kappa shape index (κ2) is 11.1. The van der Waals surface area contributed by atoms with E-state index in [0.29, 0.717) is 27.8 Å². The molecule has 226 valence electrons. The van der Waals surface area contributed by atoms with Gasteiger partial charge < -0.3 is 20.9 Å². The van der Waals surface area contributed by atoms with Crippen molar-refractivity contribution in [1.29, 1.82) is 5.26 Å². The smallest absolute Gasteiger partial charge is 0.368 e. The zero-order valence-corrected chi connectivity index (χ0v) is 24.0. The molecule has 0 radical (unpaired) electrons. The van der Waals surface area contributed by atoms with Crippen LogP contribution in [0.15, 0.2) is 66.7 Å². The van der Waals surface area contributed by atoms with Crippen LogP contribution in [0.5, 0.6) is 0 Å². The molecule has 0 spiro atoms. The van der Waals surface area contributed by atoms with Crippen LogP contribution in [0.2, 0.25) is 0 Å². The first-order valence-corrected chi connectivity index (χ1v) is 13.6. The molecular weight excluding hydrogens is 575 g/mol. The molecule has 0 fully saturated rings. The highest BCUT2D eigenvalue weighted by molar-refractivity contribution is 6.08. The second-order valence-corrected chi connectivity index (χ2v) is 10.6. The van der Waals surface area contributed by atoms with E-state index in [4.69, 9.17) is 10.8 Å². The van der Waals surface area contributed by atoms with Gasteiger partial charge in [0.25, 0.3) is 0 Å². The molecule has 1 aliphatic rings. The molecule has 1 aliphatic heterocycles. The molecule has 3 aromatic carbocycles. The van der Waals surface area contributed by atoms with E-state index in [0.717, 1.165) is 23.1 Å². The number of hydrogen-bond donors (Lipinski definition) is 2. The summed E-state index contributed by atoms with van der Waals surface area (Å²) in [6, 6.07) is 18.9. The molecule has 10 nitrogen and oxygen atoms in total. The number of nitriles is 1. The van der Waals surface area contributed by atoms with Crippen molar-refractivity contribution in [2.75, 3.05) is 23.4 Å². The summed E-state index contributed by atoms with van der Waals surface area (Å²) in [5.74, 6) is -3.45. The van der Waals surface area contributed by atoms with Crippen molar-refractivity contribution >= 4 is 40.0 Å². The number of aromatic nitrogens is 2. The lowest BCUT2D eigenvalue weighted by molar-refractivity contribution is -0.137. The molecule has 3 amide bonds. The van der Waals surface area contributed by atoms with Crippen molar-refractivity contribution in [2.45, 2.75) is 32.1 Å². The average molecular weight is 604 g/mol. The molecule has 5 rings (SSSR count). The number of rotatable bonds is 6. The highest BCUT2D eigenvalue weighted by atomic mass is 19.4. The zero-order valence-electron chi connectivity index (χ0n) is 24.0. The van der Waals surface area contributed by atoms with Gasteiger partial charge in [-0.3, -0.25) is 14.4 Å². The number of halogens is 3. The molecule has 44 heavy (non-hydrogen) atoms. The van der Waals surface area contributed by atoms with Gasteiger partial charge in [0.2, 0.25) is 17.7 Å². The van der Waals surface area contributed by atoms with Crippen molar-refractivity contribution in [1.82, 2.24) is 15.1 Å². The standard InChI is InChI=1S/C31H28F3N7O3/c1-18(42)39-16-22(30(2,37-3)29(36)44)28(43)40(26-13-12-20(14-27(26)39)31(32,33)34)17-23-21-9-5-7-11-25(21)41(38-23)24-10-6-4-8-19(24)15-35/h4-14,22,37H,16-17H2,1-3H3,(H2,36,44)/t22-,30?/m1/s1. The number of para-hydroxylation sites is 2. The summed E-state index contributed by atoms with van der Waals surface area (Å²) < 4.78 is 43.1. The third kappa shape index (κ3) is 5.03. The molecule has 2 heterocycles. The minimum atomic E-state index is -4.73. The number of nitrogens with two attached hydrogens (primary N) is 1. The Morgan fingerprint density at radius 1 is 1.07 bits per heavy atom. The third-order valence-corrected chi connectivity index (χ3v) is 8.15. The highest BCUT2D eigenvalue weighted by Crippen LogP contribution is 2.42. The van der Waals surface area contributed by atoms with E-state index >= 15 is 0 Å². The molecule has 2 atom stereocenters. The van der Waals surface area contributed by atoms with Gasteiger partial charge in [0.1, 0.15) is 11.6 Å². The molecule has 13 heteroatoms. The third-order valence-electron chi connectivity index (χ3n) is 8.15. The van der Waals surface area contributed by atoms with Crippen LogP contribution in [0.4, 0.5) is 24.5 Å². The zero-order chi connectivity index (χ0) is 32.0. The van der Waals surface area contributed by atoms with Crippen LogP contribution in [0.3, 0.4) is 0 Å². The monoisotopic (exact) mass is 603 g/mol. The van der Waals surface area contributed by atoms with Crippen molar-refractivity contribution in [3.8, 4) is 11.8 Å². The van der Waals surface area contributed by atoms with E-state index in [-0.39, 0.29) is 17.9 Å². The maximum atomic E-state index is 14.4. The van der Waals surface area contributed by atoms with E-state index in [1.807, 2.05) is 0 Å². The predicted octanol–water partition coefficient (Wildman–Crippen LogP) is 3.90. The summed E-state index contributed by atoms with van der Waals surface area (Å²) in [7, 11) is 1.43. The Morgan fingerprint density at radius 3 is 2.39 bits per heavy atom. The molecule has 4 aromatic rings. The quantitative estimate of drug-likeness (QED) is 0.343. The number of carbonyl (C=O) groups excluding carboxylic acids is 3. The number of anilines is 2. The molecule has 0 saturated carbocycles. The van der Waals surface area contributed by atoms with Gasteiger partial charge in [-0.2, -0.15) is 23.5 Å². The fraction of sp³-hybridized carbons (Fsp3) is 0.258. The van der Waals surface area contributed by atoms with Gasteiger partial charge in [-0.05, 0) is 50.4 Å². The number of fused-ring (bicyclic) bond motifs is 2. The Hall–Kier alpha value is -5.22. The van der Waals surface area contributed by atoms with Crippen LogP contribution in [-0.2, 0) is 27.1 Å². The van der Waals surface area contributed by atoms with E-state index in [9.17, 15) is 32.8 Å². The molecule has 1 unspecified atom stereocenters. The van der Waals surface area contributed by atoms with Crippen LogP contribution in [0.1, 0.15) is 30.7 Å². The maximum Gasteiger partial charge on any atom is 0.416 e. The average Bonchev–Trinajstić information content (AvgIpc) is 3.30. The lowest BCUT2D eigenvalue weighted by atomic mass is 9.83. The maximum absolute atomic E-state index is 14.4. The molecule has 0 saturated heterocycles. The lowest BCUT2D eigenvalue weighted by Crippen LogP contribution is -2.63. The largest absolute Gasteiger partial charge is 0.416 e. The number of primary amides is 1. The normalized spacial score (nSPS) is 16.7. The predicted molar refractivity (Wildman–Crippen MR) is 157 cm³/mol. The summed E-state index contributed by atoms with van der Waals surface area (Å²) in [5.41, 5.74) is 4.76. The first-order valence-electron chi connectivity index (χ1n) is 13.6. The van der Waals surface area contributed by atoms with Crippen molar-refractivity contribution in [3.63, 3.8) is 0 Å². The molecule has 3 N–H and O–H groups in total. The van der Waals surface area contributed by atoms with Gasteiger partial charge >= 0.3 is 6.18 Å². The molecular formula is C31H28F3N7O3. The minimum absolute atomic E-state index is 0.0275. The Morgan fingerprint density at radius 2 is 1.75 bits per heavy atom. The highest BCUT2D eigenvalue weighted by Gasteiger charge is 2.49. The van der Waals surface area contributed by atoms with Crippen molar-refractivity contribution in [3.05, 3.63) is 83.6 Å². The van der Waals surface area contributed by atoms with Gasteiger partial charge in [0.05, 0.1) is 51.9 Å². The van der Waals surface area contributed by atoms with Crippen LogP contribution in [0, 0.1) is 17.2 Å². The molecule has 0 bridgehead atoms. The fourth-order valence-electron chi connectivity index (χ4n) is 5.50. The Bertz CT molecular complexity index is 1850. The number of benzene rings is 3. The van der Waals surface area contributed by atoms with E-state index < -0.39 is 47.5 Å². The second-order valence-electron chi connectivity index (χ2n) is 10.6. The van der Waals surface area contributed by atoms with Gasteiger partial charge in [-0.1, -0.05) is 30.3 Å². The number of carbonyl (C=O) groups is 3. The number of hydrogen-bond acceptors (Lipinski definition) is 6. The van der Waals surface area contributed by atoms with Crippen LogP contribution in [-0.4, -0.2) is 46.6 Å². The van der Waals surface area contributed by atoms with Crippen molar-refractivity contribution < 1.29 is 27.6 Å². The first kappa shape index (κ1) is 30.2. The van der Waals surface area contributed by atoms with E-state index in [2.05, 4.69) is 11.4 Å². The van der Waals surface area contributed by atoms with Gasteiger partial charge in [0, 0.05) is 18.9 Å². The Balaban J connectivity index is 1.75. The van der Waals surface area contributed by atoms with Crippen LogP contribution in [0.25, 0.3) is 16.6 Å². The minimum Gasteiger partial charge on any atom is -0.368 e. The SMILES string of the molecule is CNC(C)(C(N)=O)[C@@H]1CN(C(C)=O)c2cc(C(F)(F)F)ccc2N(Cc2nn(-c3ccccc3C#N)c3ccccc23)C1=O. The Labute approximate surface area is 250 Å². The van der Waals surface area contributed by atoms with Crippen molar-refractivity contribution in [2.24, 2.45) is 11.7 Å². The van der Waals surface area contributed by atoms with Crippen LogP contribution < -0.4 is 20.9 Å². The molecule has 1 aromatic heterocycles. The van der Waals surface area contributed by atoms with Gasteiger partial charge in [-0.25, -0.2) is 4.68 Å². The number of nitrogens with one attached hydrogen (secondary N) is 1. The number of alkyl halides is 3. The summed E-state index contributed by atoms with van der Waals surface area (Å²) in [6.45, 7) is 1.93. The lowest BCUT2D eigenvalue weighted by Gasteiger charge is -2.36. The number of amides is 3. The van der Waals surface area contributed by atoms with Gasteiger partial charge in [-0.15, -0.1) is 0 Å². The number of nitrogens with zero attached hydrogens (tertiary/aromatic N) is 5. The first-order chi connectivity index (χ1) is 20.8. The topological polar surface area (TPSA) is 137 Å². The van der Waals surface area contributed by atoms with Gasteiger partial charge in [0.15, 0.2) is 0 Å². The van der Waals surface area contributed by atoms with E-state index in [1.165, 1.54) is 25.8 Å². The molecule has 0 aliphatic carbocycles. The Kier molecular flexibility index (Phi) is 7.65.